The van der Waals surface area contributed by atoms with Crippen molar-refractivity contribution in [1.29, 1.82) is 0 Å². The summed E-state index contributed by atoms with van der Waals surface area (Å²) in [5, 5.41) is 11.0. The van der Waals surface area contributed by atoms with Gasteiger partial charge in [-0.25, -0.2) is 8.42 Å². The lowest BCUT2D eigenvalue weighted by Crippen LogP contribution is -2.33. The normalized spacial score (nSPS) is 17.3. The minimum absolute atomic E-state index is 0.0883. The first-order valence-electron chi connectivity index (χ1n) is 7.82. The van der Waals surface area contributed by atoms with Crippen LogP contribution in [0, 0.1) is 10.1 Å². The maximum Gasteiger partial charge on any atom is 0.289 e. The zero-order chi connectivity index (χ0) is 18.2. The van der Waals surface area contributed by atoms with Gasteiger partial charge in [0.05, 0.1) is 9.82 Å². The molecule has 0 heterocycles. The minimum Gasteiger partial charge on any atom is -0.258 e. The van der Waals surface area contributed by atoms with Crippen LogP contribution < -0.4 is 0 Å². The van der Waals surface area contributed by atoms with Gasteiger partial charge < -0.3 is 0 Å². The molecule has 0 N–H and O–H groups in total. The zero-order valence-corrected chi connectivity index (χ0v) is 15.1. The van der Waals surface area contributed by atoms with Crippen molar-refractivity contribution in [2.45, 2.75) is 30.2 Å². The quantitative estimate of drug-likeness (QED) is 0.594. The number of nitro benzene ring substituents is 1. The van der Waals surface area contributed by atoms with E-state index >= 15 is 0 Å². The summed E-state index contributed by atoms with van der Waals surface area (Å²) < 4.78 is 27.3. The molecule has 0 unspecified atom stereocenters. The van der Waals surface area contributed by atoms with Gasteiger partial charge >= 0.3 is 0 Å². The van der Waals surface area contributed by atoms with Crippen LogP contribution in [0.2, 0.25) is 5.02 Å². The summed E-state index contributed by atoms with van der Waals surface area (Å²) in [5.74, 6) is 0. The molecule has 6 nitrogen and oxygen atoms in total. The van der Waals surface area contributed by atoms with E-state index in [2.05, 4.69) is 0 Å². The van der Waals surface area contributed by atoms with E-state index < -0.39 is 20.6 Å². The summed E-state index contributed by atoms with van der Waals surface area (Å²) in [4.78, 5) is 10.2. The Balaban J connectivity index is 2.01. The third-order valence-electron chi connectivity index (χ3n) is 4.57. The summed E-state index contributed by atoms with van der Waals surface area (Å²) in [6, 6.07) is 11.1. The lowest BCUT2D eigenvalue weighted by atomic mass is 9.88. The van der Waals surface area contributed by atoms with E-state index in [1.54, 1.807) is 0 Å². The molecular formula is C17H17ClN2O4S. The van der Waals surface area contributed by atoms with Crippen LogP contribution in [0.1, 0.15) is 30.0 Å². The van der Waals surface area contributed by atoms with Crippen LogP contribution in [0.25, 0.3) is 0 Å². The topological polar surface area (TPSA) is 80.5 Å². The van der Waals surface area contributed by atoms with Crippen LogP contribution in [-0.4, -0.2) is 24.7 Å². The van der Waals surface area contributed by atoms with E-state index in [1.807, 2.05) is 24.3 Å². The van der Waals surface area contributed by atoms with Gasteiger partial charge in [-0.1, -0.05) is 35.9 Å². The highest BCUT2D eigenvalue weighted by molar-refractivity contribution is 7.89. The van der Waals surface area contributed by atoms with Gasteiger partial charge in [0, 0.05) is 19.2 Å². The molecule has 132 valence electrons. The molecule has 0 saturated heterocycles. The van der Waals surface area contributed by atoms with Crippen molar-refractivity contribution < 1.29 is 13.3 Å². The number of nitrogens with zero attached hydrogens (tertiary/aromatic N) is 2. The molecule has 25 heavy (non-hydrogen) atoms. The third kappa shape index (κ3) is 3.27. The highest BCUT2D eigenvalue weighted by atomic mass is 35.5. The van der Waals surface area contributed by atoms with Gasteiger partial charge in [0.25, 0.3) is 5.69 Å². The lowest BCUT2D eigenvalue weighted by molar-refractivity contribution is -0.384. The van der Waals surface area contributed by atoms with Gasteiger partial charge in [-0.3, -0.25) is 10.1 Å². The van der Waals surface area contributed by atoms with Gasteiger partial charge in [-0.2, -0.15) is 4.31 Å². The molecule has 0 aromatic heterocycles. The number of rotatable bonds is 4. The van der Waals surface area contributed by atoms with E-state index in [9.17, 15) is 18.5 Å². The van der Waals surface area contributed by atoms with Crippen molar-refractivity contribution in [2.24, 2.45) is 0 Å². The fourth-order valence-electron chi connectivity index (χ4n) is 3.23. The maximum atomic E-state index is 13.0. The molecule has 0 radical (unpaired) electrons. The molecule has 2 aromatic carbocycles. The van der Waals surface area contributed by atoms with Crippen LogP contribution in [0.5, 0.6) is 0 Å². The van der Waals surface area contributed by atoms with Crippen LogP contribution in [-0.2, 0) is 16.4 Å². The second-order valence-corrected chi connectivity index (χ2v) is 8.40. The molecule has 1 aliphatic rings. The van der Waals surface area contributed by atoms with Crippen molar-refractivity contribution in [3.05, 3.63) is 68.7 Å². The smallest absolute Gasteiger partial charge is 0.258 e. The van der Waals surface area contributed by atoms with Crippen LogP contribution >= 0.6 is 11.6 Å². The third-order valence-corrected chi connectivity index (χ3v) is 6.75. The van der Waals surface area contributed by atoms with Crippen LogP contribution in [0.4, 0.5) is 5.69 Å². The zero-order valence-electron chi connectivity index (χ0n) is 13.6. The Bertz CT molecular complexity index is 930. The first-order valence-corrected chi connectivity index (χ1v) is 9.64. The lowest BCUT2D eigenvalue weighted by Gasteiger charge is -2.32. The summed E-state index contributed by atoms with van der Waals surface area (Å²) in [7, 11) is -2.37. The number of nitro groups is 1. The Hall–Kier alpha value is -1.96. The first kappa shape index (κ1) is 17.8. The molecule has 1 aliphatic carbocycles. The largest absolute Gasteiger partial charge is 0.289 e. The standard InChI is InChI=1S/C17H17ClN2O4S/c1-19(16-8-4-6-12-5-2-3-7-14(12)16)25(23,24)13-9-10-15(18)17(11-13)20(21)22/h2-3,5,7,9-11,16H,4,6,8H2,1H3/t16-/m1/s1. The monoisotopic (exact) mass is 380 g/mol. The minimum atomic E-state index is -3.88. The Labute approximate surface area is 151 Å². The average molecular weight is 381 g/mol. The summed E-state index contributed by atoms with van der Waals surface area (Å²) in [6.07, 6.45) is 2.53. The Morgan fingerprint density at radius 1 is 1.24 bits per heavy atom. The van der Waals surface area contributed by atoms with E-state index in [-0.39, 0.29) is 16.0 Å². The van der Waals surface area contributed by atoms with Crippen molar-refractivity contribution in [3.63, 3.8) is 0 Å². The Morgan fingerprint density at radius 2 is 1.96 bits per heavy atom. The van der Waals surface area contributed by atoms with Gasteiger partial charge in [0.15, 0.2) is 0 Å². The van der Waals surface area contributed by atoms with Crippen LogP contribution in [0.15, 0.2) is 47.4 Å². The van der Waals surface area contributed by atoms with E-state index in [0.29, 0.717) is 6.42 Å². The Kier molecular flexibility index (Phi) is 4.81. The second kappa shape index (κ2) is 6.74. The fraction of sp³-hybridized carbons (Fsp3) is 0.294. The number of aryl methyl sites for hydroxylation is 1. The second-order valence-electron chi connectivity index (χ2n) is 6.00. The number of hydrogen-bond donors (Lipinski definition) is 0. The summed E-state index contributed by atoms with van der Waals surface area (Å²) >= 11 is 5.79. The maximum absolute atomic E-state index is 13.0. The van der Waals surface area contributed by atoms with Crippen molar-refractivity contribution >= 4 is 27.3 Å². The van der Waals surface area contributed by atoms with Crippen molar-refractivity contribution in [2.75, 3.05) is 7.05 Å². The summed E-state index contributed by atoms with van der Waals surface area (Å²) in [5.41, 5.74) is 1.71. The number of hydrogen-bond acceptors (Lipinski definition) is 4. The average Bonchev–Trinajstić information content (AvgIpc) is 2.60. The molecule has 0 amide bonds. The van der Waals surface area contributed by atoms with E-state index in [0.717, 1.165) is 30.0 Å². The van der Waals surface area contributed by atoms with Crippen LogP contribution in [0.3, 0.4) is 0 Å². The van der Waals surface area contributed by atoms with E-state index in [4.69, 9.17) is 11.6 Å². The predicted octanol–water partition coefficient (Wildman–Crippen LogP) is 3.95. The van der Waals surface area contributed by atoms with E-state index in [1.165, 1.54) is 23.5 Å². The van der Waals surface area contributed by atoms with Gasteiger partial charge in [0.1, 0.15) is 5.02 Å². The number of fused-ring (bicyclic) bond motifs is 1. The SMILES string of the molecule is CN([C@@H]1CCCc2ccccc21)S(=O)(=O)c1ccc(Cl)c([N+](=O)[O-])c1. The van der Waals surface area contributed by atoms with Gasteiger partial charge in [-0.15, -0.1) is 0 Å². The molecule has 0 bridgehead atoms. The molecule has 0 saturated carbocycles. The Morgan fingerprint density at radius 3 is 2.68 bits per heavy atom. The van der Waals surface area contributed by atoms with Crippen molar-refractivity contribution in [3.8, 4) is 0 Å². The van der Waals surface area contributed by atoms with Gasteiger partial charge in [0.2, 0.25) is 10.0 Å². The number of halogens is 1. The predicted molar refractivity (Wildman–Crippen MR) is 95.2 cm³/mol. The van der Waals surface area contributed by atoms with Crippen molar-refractivity contribution in [1.82, 2.24) is 4.31 Å². The first-order chi connectivity index (χ1) is 11.8. The summed E-state index contributed by atoms with van der Waals surface area (Å²) in [6.45, 7) is 0. The molecule has 1 atom stereocenters. The molecular weight excluding hydrogens is 364 g/mol. The highest BCUT2D eigenvalue weighted by Gasteiger charge is 2.33. The molecule has 0 aliphatic heterocycles. The molecule has 3 rings (SSSR count). The molecule has 8 heteroatoms. The molecule has 2 aromatic rings. The number of sulfonamides is 1. The highest BCUT2D eigenvalue weighted by Crippen LogP contribution is 2.37. The number of benzene rings is 2. The molecule has 0 fully saturated rings. The van der Waals surface area contributed by atoms with Gasteiger partial charge in [-0.05, 0) is 42.5 Å². The molecule has 0 spiro atoms. The fourth-order valence-corrected chi connectivity index (χ4v) is 4.81.